The van der Waals surface area contributed by atoms with Crippen molar-refractivity contribution in [2.24, 2.45) is 11.8 Å². The van der Waals surface area contributed by atoms with E-state index in [0.717, 1.165) is 32.0 Å². The van der Waals surface area contributed by atoms with E-state index in [4.69, 9.17) is 5.11 Å². The molecule has 0 spiro atoms. The molecule has 1 aliphatic carbocycles. The number of rotatable bonds is 2. The first-order valence-corrected chi connectivity index (χ1v) is 3.93. The molecule has 0 saturated heterocycles. The fourth-order valence-corrected chi connectivity index (χ4v) is 1.51. The minimum absolute atomic E-state index is 0.280. The first-order valence-electron chi connectivity index (χ1n) is 3.93. The van der Waals surface area contributed by atoms with Crippen LogP contribution in [0.3, 0.4) is 0 Å². The number of aldehydes is 1. The molecule has 1 fully saturated rings. The zero-order valence-corrected chi connectivity index (χ0v) is 6.12. The highest BCUT2D eigenvalue weighted by Gasteiger charge is 2.19. The van der Waals surface area contributed by atoms with Gasteiger partial charge in [0.1, 0.15) is 6.29 Å². The van der Waals surface area contributed by atoms with Gasteiger partial charge in [-0.1, -0.05) is 0 Å². The third kappa shape index (κ3) is 1.81. The summed E-state index contributed by atoms with van der Waals surface area (Å²) in [6, 6.07) is 0. The van der Waals surface area contributed by atoms with Crippen LogP contribution in [0.5, 0.6) is 0 Å². The molecule has 0 aromatic rings. The fraction of sp³-hybridized carbons (Fsp3) is 0.875. The minimum Gasteiger partial charge on any atom is -0.396 e. The van der Waals surface area contributed by atoms with Gasteiger partial charge in [0.15, 0.2) is 0 Å². The van der Waals surface area contributed by atoms with Gasteiger partial charge in [-0.25, -0.2) is 0 Å². The van der Waals surface area contributed by atoms with Gasteiger partial charge in [0, 0.05) is 12.5 Å². The lowest BCUT2D eigenvalue weighted by molar-refractivity contribution is -0.112. The second-order valence-electron chi connectivity index (χ2n) is 3.10. The maximum atomic E-state index is 10.3. The second-order valence-corrected chi connectivity index (χ2v) is 3.10. The lowest BCUT2D eigenvalue weighted by atomic mass is 9.83. The zero-order chi connectivity index (χ0) is 7.40. The van der Waals surface area contributed by atoms with Crippen molar-refractivity contribution in [2.75, 3.05) is 6.61 Å². The van der Waals surface area contributed by atoms with Gasteiger partial charge in [0.2, 0.25) is 0 Å². The number of aliphatic hydroxyl groups is 1. The normalized spacial score (nSPS) is 33.7. The summed E-state index contributed by atoms with van der Waals surface area (Å²) in [5.74, 6) is 0.749. The number of aliphatic hydroxyl groups excluding tert-OH is 1. The summed E-state index contributed by atoms with van der Waals surface area (Å²) in [5.41, 5.74) is 0. The quantitative estimate of drug-likeness (QED) is 0.584. The van der Waals surface area contributed by atoms with Crippen molar-refractivity contribution in [1.82, 2.24) is 0 Å². The second kappa shape index (κ2) is 3.71. The van der Waals surface area contributed by atoms with E-state index in [0.29, 0.717) is 12.5 Å². The van der Waals surface area contributed by atoms with Gasteiger partial charge in [-0.15, -0.1) is 0 Å². The van der Waals surface area contributed by atoms with E-state index in [9.17, 15) is 4.79 Å². The van der Waals surface area contributed by atoms with Gasteiger partial charge in [-0.3, -0.25) is 0 Å². The van der Waals surface area contributed by atoms with Gasteiger partial charge in [0.25, 0.3) is 0 Å². The number of carbonyl (C=O) groups is 1. The van der Waals surface area contributed by atoms with Crippen molar-refractivity contribution < 1.29 is 9.90 Å². The molecule has 2 heteroatoms. The third-order valence-corrected chi connectivity index (χ3v) is 2.34. The van der Waals surface area contributed by atoms with E-state index >= 15 is 0 Å². The van der Waals surface area contributed by atoms with Crippen LogP contribution in [0, 0.1) is 11.8 Å². The Morgan fingerprint density at radius 1 is 1.30 bits per heavy atom. The Kier molecular flexibility index (Phi) is 2.87. The van der Waals surface area contributed by atoms with Crippen LogP contribution in [0.15, 0.2) is 0 Å². The van der Waals surface area contributed by atoms with E-state index in [1.54, 1.807) is 0 Å². The van der Waals surface area contributed by atoms with Crippen LogP contribution in [0.2, 0.25) is 0 Å². The molecule has 10 heavy (non-hydrogen) atoms. The molecule has 1 rings (SSSR count). The first-order chi connectivity index (χ1) is 4.86. The highest BCUT2D eigenvalue weighted by Crippen LogP contribution is 2.26. The highest BCUT2D eigenvalue weighted by atomic mass is 16.3. The van der Waals surface area contributed by atoms with Gasteiger partial charge in [-0.2, -0.15) is 0 Å². The summed E-state index contributed by atoms with van der Waals surface area (Å²) in [5, 5.41) is 8.76. The van der Waals surface area contributed by atoms with Crippen molar-refractivity contribution >= 4 is 6.29 Å². The van der Waals surface area contributed by atoms with Crippen LogP contribution >= 0.6 is 0 Å². The predicted molar refractivity (Wildman–Crippen MR) is 38.6 cm³/mol. The van der Waals surface area contributed by atoms with Crippen molar-refractivity contribution in [2.45, 2.75) is 25.7 Å². The van der Waals surface area contributed by atoms with Crippen LogP contribution < -0.4 is 0 Å². The van der Waals surface area contributed by atoms with Crippen LogP contribution in [0.1, 0.15) is 25.7 Å². The average Bonchev–Trinajstić information content (AvgIpc) is 2.05. The van der Waals surface area contributed by atoms with E-state index < -0.39 is 0 Å². The molecule has 1 saturated carbocycles. The molecular weight excluding hydrogens is 128 g/mol. The molecule has 0 bridgehead atoms. The minimum atomic E-state index is 0.280. The Balaban J connectivity index is 2.23. The smallest absolute Gasteiger partial charge is 0.123 e. The molecule has 0 aromatic heterocycles. The van der Waals surface area contributed by atoms with E-state index in [2.05, 4.69) is 0 Å². The molecule has 1 N–H and O–H groups in total. The number of hydrogen-bond acceptors (Lipinski definition) is 2. The molecule has 0 aromatic carbocycles. The molecule has 0 unspecified atom stereocenters. The van der Waals surface area contributed by atoms with Crippen LogP contribution in [0.4, 0.5) is 0 Å². The highest BCUT2D eigenvalue weighted by molar-refractivity contribution is 5.53. The number of carbonyl (C=O) groups excluding carboxylic acids is 1. The Morgan fingerprint density at radius 3 is 2.30 bits per heavy atom. The van der Waals surface area contributed by atoms with Crippen molar-refractivity contribution in [3.8, 4) is 0 Å². The molecule has 0 heterocycles. The van der Waals surface area contributed by atoms with E-state index in [1.165, 1.54) is 0 Å². The van der Waals surface area contributed by atoms with Crippen LogP contribution in [-0.2, 0) is 4.79 Å². The lowest BCUT2D eigenvalue weighted by Gasteiger charge is -2.23. The van der Waals surface area contributed by atoms with Crippen LogP contribution in [-0.4, -0.2) is 18.0 Å². The SMILES string of the molecule is O=CC1CCC(CO)CC1. The van der Waals surface area contributed by atoms with Gasteiger partial charge < -0.3 is 9.90 Å². The van der Waals surface area contributed by atoms with Crippen LogP contribution in [0.25, 0.3) is 0 Å². The lowest BCUT2D eigenvalue weighted by Crippen LogP contribution is -2.17. The summed E-state index contributed by atoms with van der Waals surface area (Å²) in [6.07, 6.45) is 5.07. The molecule has 0 aliphatic heterocycles. The molecular formula is C8H14O2. The van der Waals surface area contributed by atoms with Gasteiger partial charge in [-0.05, 0) is 31.6 Å². The molecule has 1 aliphatic rings. The Labute approximate surface area is 61.2 Å². The van der Waals surface area contributed by atoms with E-state index in [-0.39, 0.29) is 5.92 Å². The average molecular weight is 142 g/mol. The zero-order valence-electron chi connectivity index (χ0n) is 6.12. The maximum Gasteiger partial charge on any atom is 0.123 e. The van der Waals surface area contributed by atoms with Gasteiger partial charge >= 0.3 is 0 Å². The summed E-state index contributed by atoms with van der Waals surface area (Å²) >= 11 is 0. The maximum absolute atomic E-state index is 10.3. The number of hydrogen-bond donors (Lipinski definition) is 1. The largest absolute Gasteiger partial charge is 0.396 e. The molecule has 0 radical (unpaired) electrons. The molecule has 0 atom stereocenters. The Bertz CT molecular complexity index is 104. The van der Waals surface area contributed by atoms with Gasteiger partial charge in [0.05, 0.1) is 0 Å². The van der Waals surface area contributed by atoms with Crippen molar-refractivity contribution in [3.05, 3.63) is 0 Å². The standard InChI is InChI=1S/C8H14O2/c9-5-7-1-2-8(6-10)4-3-7/h5,7-8,10H,1-4,6H2. The van der Waals surface area contributed by atoms with Crippen molar-refractivity contribution in [3.63, 3.8) is 0 Å². The molecule has 58 valence electrons. The summed E-state index contributed by atoms with van der Waals surface area (Å²) in [4.78, 5) is 10.3. The topological polar surface area (TPSA) is 37.3 Å². The van der Waals surface area contributed by atoms with Crippen molar-refractivity contribution in [1.29, 1.82) is 0 Å². The first kappa shape index (κ1) is 7.73. The summed E-state index contributed by atoms with van der Waals surface area (Å²) < 4.78 is 0. The fourth-order valence-electron chi connectivity index (χ4n) is 1.51. The predicted octanol–water partition coefficient (Wildman–Crippen LogP) is 0.984. The molecule has 0 amide bonds. The van der Waals surface area contributed by atoms with E-state index in [1.807, 2.05) is 0 Å². The Morgan fingerprint density at radius 2 is 1.90 bits per heavy atom. The summed E-state index contributed by atoms with van der Waals surface area (Å²) in [6.45, 7) is 0.297. The third-order valence-electron chi connectivity index (χ3n) is 2.34. The Hall–Kier alpha value is -0.370. The monoisotopic (exact) mass is 142 g/mol. The molecule has 2 nitrogen and oxygen atoms in total. The summed E-state index contributed by atoms with van der Waals surface area (Å²) in [7, 11) is 0.